The molecule has 0 aliphatic carbocycles. The highest BCUT2D eigenvalue weighted by molar-refractivity contribution is 5.87. The van der Waals surface area contributed by atoms with E-state index in [9.17, 15) is 0 Å². The van der Waals surface area contributed by atoms with Crippen LogP contribution in [-0.2, 0) is 25.7 Å². The standard InChI is InChI=1S/C15H22N2O.C14H20N2O.C13H18N2O.C12H16N2O/c1-4-8-17(2)9-7-12-11-16-15-6-5-13(18-3)10-14(12)15;1-4-16(2)8-7-11-10-15-14-6-5-12(17-3)9-13(11)14;1-15(2)7-6-10-9-14-13-5-4-11(16-3)8-12(10)13;1-13-6-5-9-8-14-12-4-3-10(15-2)7-11(9)12/h5-6,10-11,16H,4,7-9H2,1-3H3;5-6,9-10,15H,4,7-8H2,1-3H3;4-5,8-9,14H,6-7H2,1-3H3;3-4,7-8,13-14H,5-6H2,1-2H3. The smallest absolute Gasteiger partial charge is 0.119 e. The average molecular weight is 901 g/mol. The first-order chi connectivity index (χ1) is 32.0. The first-order valence-electron chi connectivity index (χ1n) is 23.3. The summed E-state index contributed by atoms with van der Waals surface area (Å²) in [6.07, 6.45) is 13.8. The van der Waals surface area contributed by atoms with Crippen molar-refractivity contribution in [3.05, 3.63) is 120 Å². The number of aromatic amines is 4. The Morgan fingerprint density at radius 1 is 0.439 bits per heavy atom. The molecule has 0 saturated heterocycles. The van der Waals surface area contributed by atoms with Crippen molar-refractivity contribution in [1.29, 1.82) is 0 Å². The Bertz CT molecular complexity index is 2640. The topological polar surface area (TPSA) is 122 Å². The van der Waals surface area contributed by atoms with Crippen LogP contribution in [0.4, 0.5) is 0 Å². The number of H-pyrrole nitrogens is 4. The molecule has 0 unspecified atom stereocenters. The third-order valence-electron chi connectivity index (χ3n) is 12.0. The third kappa shape index (κ3) is 14.5. The van der Waals surface area contributed by atoms with Gasteiger partial charge >= 0.3 is 0 Å². The summed E-state index contributed by atoms with van der Waals surface area (Å²) in [6, 6.07) is 24.6. The van der Waals surface area contributed by atoms with Gasteiger partial charge in [0.25, 0.3) is 0 Å². The number of hydrogen-bond acceptors (Lipinski definition) is 8. The summed E-state index contributed by atoms with van der Waals surface area (Å²) >= 11 is 0. The zero-order chi connectivity index (χ0) is 47.4. The first kappa shape index (κ1) is 51.1. The van der Waals surface area contributed by atoms with Crippen molar-refractivity contribution in [2.75, 3.05) is 103 Å². The van der Waals surface area contributed by atoms with E-state index in [1.54, 1.807) is 28.4 Å². The van der Waals surface area contributed by atoms with Crippen molar-refractivity contribution in [2.45, 2.75) is 46.0 Å². The molecule has 4 heterocycles. The van der Waals surface area contributed by atoms with E-state index in [-0.39, 0.29) is 0 Å². The highest BCUT2D eigenvalue weighted by atomic mass is 16.5. The molecule has 0 aliphatic rings. The van der Waals surface area contributed by atoms with Crippen LogP contribution < -0.4 is 24.3 Å². The van der Waals surface area contributed by atoms with Crippen LogP contribution in [0, 0.1) is 0 Å². The van der Waals surface area contributed by atoms with Gasteiger partial charge in [-0.05, 0) is 182 Å². The van der Waals surface area contributed by atoms with E-state index >= 15 is 0 Å². The van der Waals surface area contributed by atoms with Gasteiger partial charge in [0, 0.05) is 88.0 Å². The summed E-state index contributed by atoms with van der Waals surface area (Å²) in [5.41, 5.74) is 10.1. The zero-order valence-electron chi connectivity index (χ0n) is 41.5. The number of likely N-dealkylation sites (N-methyl/N-ethyl adjacent to an activating group) is 4. The second kappa shape index (κ2) is 26.3. The number of benzene rings is 4. The minimum absolute atomic E-state index is 0.910. The Kier molecular flexibility index (Phi) is 20.3. The molecule has 4 aromatic heterocycles. The minimum Gasteiger partial charge on any atom is -0.497 e. The van der Waals surface area contributed by atoms with Crippen molar-refractivity contribution in [1.82, 2.24) is 40.0 Å². The van der Waals surface area contributed by atoms with E-state index in [1.165, 1.54) is 72.3 Å². The maximum Gasteiger partial charge on any atom is 0.119 e. The van der Waals surface area contributed by atoms with Crippen LogP contribution in [0.5, 0.6) is 23.0 Å². The van der Waals surface area contributed by atoms with Gasteiger partial charge in [-0.1, -0.05) is 13.8 Å². The van der Waals surface area contributed by atoms with Gasteiger partial charge in [0.05, 0.1) is 28.4 Å². The van der Waals surface area contributed by atoms with Crippen molar-refractivity contribution in [3.8, 4) is 23.0 Å². The lowest BCUT2D eigenvalue weighted by molar-refractivity contribution is 0.339. The molecule has 0 fully saturated rings. The van der Waals surface area contributed by atoms with Gasteiger partial charge < -0.3 is 58.9 Å². The normalized spacial score (nSPS) is 11.2. The van der Waals surface area contributed by atoms with Crippen LogP contribution in [0.15, 0.2) is 97.6 Å². The Balaban J connectivity index is 0.000000165. The molecule has 356 valence electrons. The second-order valence-electron chi connectivity index (χ2n) is 17.0. The molecule has 0 spiro atoms. The molecule has 8 rings (SSSR count). The molecule has 0 amide bonds. The van der Waals surface area contributed by atoms with Crippen LogP contribution in [-0.4, -0.2) is 138 Å². The van der Waals surface area contributed by atoms with Gasteiger partial charge in [-0.25, -0.2) is 0 Å². The predicted molar refractivity (Wildman–Crippen MR) is 278 cm³/mol. The molecule has 12 heteroatoms. The number of fused-ring (bicyclic) bond motifs is 4. The van der Waals surface area contributed by atoms with Crippen LogP contribution in [0.2, 0.25) is 0 Å². The van der Waals surface area contributed by atoms with Crippen LogP contribution in [0.3, 0.4) is 0 Å². The quantitative estimate of drug-likeness (QED) is 0.0544. The summed E-state index contributed by atoms with van der Waals surface area (Å²) in [5, 5.41) is 8.22. The van der Waals surface area contributed by atoms with Crippen LogP contribution >= 0.6 is 0 Å². The van der Waals surface area contributed by atoms with Gasteiger partial charge in [-0.3, -0.25) is 0 Å². The Morgan fingerprint density at radius 2 is 0.773 bits per heavy atom. The number of rotatable bonds is 19. The van der Waals surface area contributed by atoms with Crippen molar-refractivity contribution < 1.29 is 18.9 Å². The predicted octanol–water partition coefficient (Wildman–Crippen LogP) is 9.95. The molecule has 5 N–H and O–H groups in total. The first-order valence-corrected chi connectivity index (χ1v) is 23.3. The summed E-state index contributed by atoms with van der Waals surface area (Å²) in [7, 11) is 17.3. The number of nitrogens with zero attached hydrogens (tertiary/aromatic N) is 3. The maximum absolute atomic E-state index is 5.29. The number of ether oxygens (including phenoxy) is 4. The van der Waals surface area contributed by atoms with Gasteiger partial charge in [-0.15, -0.1) is 0 Å². The SMILES string of the molecule is CCCN(C)CCc1c[nH]c2ccc(OC)cc12.CCN(C)CCc1c[nH]c2ccc(OC)cc12.CNCCc1c[nH]c2ccc(OC)cc12.COc1ccc2[nH]cc(CCN(C)C)c2c1. The molecule has 0 saturated carbocycles. The number of nitrogens with one attached hydrogen (secondary N) is 5. The maximum atomic E-state index is 5.29. The lowest BCUT2D eigenvalue weighted by Gasteiger charge is -2.14. The average Bonchev–Trinajstić information content (AvgIpc) is 4.16. The lowest BCUT2D eigenvalue weighted by atomic mass is 10.1. The minimum atomic E-state index is 0.910. The summed E-state index contributed by atoms with van der Waals surface area (Å²) < 4.78 is 21.0. The molecule has 0 atom stereocenters. The fourth-order valence-electron chi connectivity index (χ4n) is 7.84. The number of hydrogen-bond donors (Lipinski definition) is 5. The molecule has 0 radical (unpaired) electrons. The van der Waals surface area contributed by atoms with E-state index in [4.69, 9.17) is 18.9 Å². The van der Waals surface area contributed by atoms with E-state index in [0.29, 0.717) is 0 Å². The van der Waals surface area contributed by atoms with E-state index in [0.717, 1.165) is 87.9 Å². The largest absolute Gasteiger partial charge is 0.497 e. The summed E-state index contributed by atoms with van der Waals surface area (Å²) in [5.74, 6) is 3.67. The highest BCUT2D eigenvalue weighted by Gasteiger charge is 2.09. The Labute approximate surface area is 392 Å². The molecular formula is C54H76N8O4. The molecular weight excluding hydrogens is 825 g/mol. The molecule has 0 bridgehead atoms. The molecule has 66 heavy (non-hydrogen) atoms. The number of methoxy groups -OCH3 is 4. The second-order valence-corrected chi connectivity index (χ2v) is 17.0. The Morgan fingerprint density at radius 3 is 1.08 bits per heavy atom. The monoisotopic (exact) mass is 901 g/mol. The summed E-state index contributed by atoms with van der Waals surface area (Å²) in [4.78, 5) is 20.1. The van der Waals surface area contributed by atoms with Gasteiger partial charge in [0.15, 0.2) is 0 Å². The molecule has 0 aliphatic heterocycles. The van der Waals surface area contributed by atoms with Gasteiger partial charge in [0.1, 0.15) is 23.0 Å². The summed E-state index contributed by atoms with van der Waals surface area (Å²) in [6.45, 7) is 10.9. The van der Waals surface area contributed by atoms with E-state index < -0.39 is 0 Å². The van der Waals surface area contributed by atoms with Crippen LogP contribution in [0.25, 0.3) is 43.6 Å². The third-order valence-corrected chi connectivity index (χ3v) is 12.0. The van der Waals surface area contributed by atoms with Crippen LogP contribution in [0.1, 0.15) is 42.5 Å². The fraction of sp³-hybridized carbons (Fsp3) is 0.407. The number of aromatic nitrogens is 4. The molecule has 4 aromatic carbocycles. The van der Waals surface area contributed by atoms with Crippen molar-refractivity contribution in [3.63, 3.8) is 0 Å². The fourth-order valence-corrected chi connectivity index (χ4v) is 7.84. The highest BCUT2D eigenvalue weighted by Crippen LogP contribution is 2.27. The van der Waals surface area contributed by atoms with Gasteiger partial charge in [-0.2, -0.15) is 0 Å². The van der Waals surface area contributed by atoms with Crippen molar-refractivity contribution in [2.24, 2.45) is 0 Å². The van der Waals surface area contributed by atoms with E-state index in [1.807, 2.05) is 31.3 Å². The van der Waals surface area contributed by atoms with Gasteiger partial charge in [0.2, 0.25) is 0 Å². The zero-order valence-corrected chi connectivity index (χ0v) is 41.5. The Hall–Kier alpha value is -5.92. The molecule has 12 nitrogen and oxygen atoms in total. The lowest BCUT2D eigenvalue weighted by Crippen LogP contribution is -2.21. The van der Waals surface area contributed by atoms with Crippen molar-refractivity contribution >= 4 is 43.6 Å². The molecule has 8 aromatic rings. The van der Waals surface area contributed by atoms with E-state index in [2.05, 4.69) is 155 Å².